The van der Waals surface area contributed by atoms with Gasteiger partial charge >= 0.3 is 25.7 Å². The standard InChI is InChI=1S/C46H82NO10P/c1-3-5-7-9-11-13-15-17-18-19-20-21-22-23-24-26-27-29-31-33-35-37-44(48)54-39-42(40-55-58(52,53)56-41-43(47)46(50)51)57-45(49)38-36-34-32-30-28-25-16-14-12-10-8-6-4-2/h6,8,12,14,19-20,25,28,42-43H,3-5,7,9-11,13,15-18,21-24,26-27,29-41,47H2,1-2H3,(H,50,51)(H,52,53)/b8-6-,14-12-,20-19-,28-25-. The number of phosphoric ester groups is 1. The van der Waals surface area contributed by atoms with Crippen LogP contribution < -0.4 is 5.73 Å². The van der Waals surface area contributed by atoms with E-state index in [0.29, 0.717) is 12.8 Å². The topological polar surface area (TPSA) is 172 Å². The van der Waals surface area contributed by atoms with Gasteiger partial charge in [0, 0.05) is 12.8 Å². The Morgan fingerprint density at radius 1 is 0.552 bits per heavy atom. The Hall–Kier alpha value is -2.56. The number of ether oxygens (including phenoxy) is 2. The highest BCUT2D eigenvalue weighted by Crippen LogP contribution is 2.43. The van der Waals surface area contributed by atoms with E-state index in [1.54, 1.807) is 0 Å². The van der Waals surface area contributed by atoms with Gasteiger partial charge in [-0.2, -0.15) is 0 Å². The van der Waals surface area contributed by atoms with E-state index >= 15 is 0 Å². The number of allylic oxidation sites excluding steroid dienone is 8. The van der Waals surface area contributed by atoms with Crippen LogP contribution in [0.15, 0.2) is 48.6 Å². The van der Waals surface area contributed by atoms with Gasteiger partial charge in [0.2, 0.25) is 0 Å². The van der Waals surface area contributed by atoms with Crippen LogP contribution in [0.2, 0.25) is 0 Å². The van der Waals surface area contributed by atoms with E-state index in [2.05, 4.69) is 67.0 Å². The van der Waals surface area contributed by atoms with Crippen LogP contribution in [0.5, 0.6) is 0 Å². The molecule has 3 atom stereocenters. The molecular formula is C46H82NO10P. The van der Waals surface area contributed by atoms with Gasteiger partial charge in [0.1, 0.15) is 12.6 Å². The molecule has 3 unspecified atom stereocenters. The second-order valence-electron chi connectivity index (χ2n) is 15.1. The number of rotatable bonds is 42. The van der Waals surface area contributed by atoms with Gasteiger partial charge in [-0.15, -0.1) is 0 Å². The van der Waals surface area contributed by atoms with Gasteiger partial charge in [-0.3, -0.25) is 23.4 Å². The molecule has 0 bridgehead atoms. The number of carboxylic acids is 1. The van der Waals surface area contributed by atoms with Crippen LogP contribution in [0, 0.1) is 0 Å². The van der Waals surface area contributed by atoms with E-state index in [0.717, 1.165) is 57.8 Å². The minimum absolute atomic E-state index is 0.125. The zero-order valence-electron chi connectivity index (χ0n) is 36.4. The summed E-state index contributed by atoms with van der Waals surface area (Å²) in [6.45, 7) is 2.66. The summed E-state index contributed by atoms with van der Waals surface area (Å²) in [5, 5.41) is 8.89. The molecule has 0 heterocycles. The van der Waals surface area contributed by atoms with E-state index in [-0.39, 0.29) is 19.4 Å². The number of hydrogen-bond acceptors (Lipinski definition) is 9. The maximum absolute atomic E-state index is 12.6. The Kier molecular flexibility index (Phi) is 39.4. The molecule has 0 rings (SSSR count). The minimum atomic E-state index is -4.72. The van der Waals surface area contributed by atoms with E-state index in [1.165, 1.54) is 96.3 Å². The third-order valence-electron chi connectivity index (χ3n) is 9.56. The number of carboxylic acid groups (broad SMARTS) is 1. The first-order valence-electron chi connectivity index (χ1n) is 22.7. The second kappa shape index (κ2) is 41.2. The lowest BCUT2D eigenvalue weighted by Crippen LogP contribution is -2.34. The number of esters is 2. The highest BCUT2D eigenvalue weighted by atomic mass is 31.2. The fraction of sp³-hybridized carbons (Fsp3) is 0.761. The fourth-order valence-corrected chi connectivity index (χ4v) is 6.79. The van der Waals surface area contributed by atoms with Crippen molar-refractivity contribution in [2.45, 2.75) is 206 Å². The predicted molar refractivity (Wildman–Crippen MR) is 235 cm³/mol. The van der Waals surface area contributed by atoms with E-state index < -0.39 is 51.1 Å². The molecule has 12 heteroatoms. The maximum atomic E-state index is 12.6. The highest BCUT2D eigenvalue weighted by Gasteiger charge is 2.28. The summed E-state index contributed by atoms with van der Waals surface area (Å²) in [4.78, 5) is 45.9. The van der Waals surface area contributed by atoms with Crippen molar-refractivity contribution in [2.75, 3.05) is 19.8 Å². The number of hydrogen-bond donors (Lipinski definition) is 3. The molecule has 0 saturated carbocycles. The summed E-state index contributed by atoms with van der Waals surface area (Å²) < 4.78 is 32.7. The van der Waals surface area contributed by atoms with E-state index in [1.807, 2.05) is 0 Å². The van der Waals surface area contributed by atoms with Crippen molar-refractivity contribution in [3.8, 4) is 0 Å². The quantitative estimate of drug-likeness (QED) is 0.0231. The van der Waals surface area contributed by atoms with Gasteiger partial charge in [-0.25, -0.2) is 4.57 Å². The normalized spacial score (nSPS) is 14.1. The van der Waals surface area contributed by atoms with Crippen LogP contribution in [-0.2, 0) is 37.5 Å². The van der Waals surface area contributed by atoms with Crippen LogP contribution in [0.4, 0.5) is 0 Å². The van der Waals surface area contributed by atoms with E-state index in [9.17, 15) is 23.8 Å². The third-order valence-corrected chi connectivity index (χ3v) is 10.5. The van der Waals surface area contributed by atoms with Crippen molar-refractivity contribution >= 4 is 25.7 Å². The molecule has 0 spiro atoms. The number of nitrogens with two attached hydrogens (primary N) is 1. The molecular weight excluding hydrogens is 757 g/mol. The Morgan fingerprint density at radius 2 is 0.966 bits per heavy atom. The number of carbonyl (C=O) groups is 3. The van der Waals surface area contributed by atoms with Crippen molar-refractivity contribution in [3.05, 3.63) is 48.6 Å². The lowest BCUT2D eigenvalue weighted by molar-refractivity contribution is -0.161. The predicted octanol–water partition coefficient (Wildman–Crippen LogP) is 12.2. The van der Waals surface area contributed by atoms with Gasteiger partial charge in [0.15, 0.2) is 6.10 Å². The molecule has 4 N–H and O–H groups in total. The van der Waals surface area contributed by atoms with Crippen molar-refractivity contribution in [1.29, 1.82) is 0 Å². The lowest BCUT2D eigenvalue weighted by Gasteiger charge is -2.20. The molecule has 0 aliphatic heterocycles. The van der Waals surface area contributed by atoms with Crippen molar-refractivity contribution < 1.29 is 47.5 Å². The average molecular weight is 840 g/mol. The van der Waals surface area contributed by atoms with Crippen molar-refractivity contribution in [1.82, 2.24) is 0 Å². The maximum Gasteiger partial charge on any atom is 0.472 e. The third kappa shape index (κ3) is 40.2. The number of carbonyl (C=O) groups excluding carboxylic acids is 2. The molecule has 11 nitrogen and oxygen atoms in total. The first-order chi connectivity index (χ1) is 28.1. The number of aliphatic carboxylic acids is 1. The van der Waals surface area contributed by atoms with Crippen molar-refractivity contribution in [3.63, 3.8) is 0 Å². The average Bonchev–Trinajstić information content (AvgIpc) is 3.20. The Balaban J connectivity index is 4.30. The molecule has 0 aliphatic carbocycles. The van der Waals surface area contributed by atoms with Gasteiger partial charge in [0.05, 0.1) is 13.2 Å². The Labute approximate surface area is 352 Å². The molecule has 0 saturated heterocycles. The Bertz CT molecular complexity index is 1170. The molecule has 0 aromatic heterocycles. The van der Waals surface area contributed by atoms with E-state index in [4.69, 9.17) is 24.8 Å². The smallest absolute Gasteiger partial charge is 0.472 e. The van der Waals surface area contributed by atoms with Crippen LogP contribution in [0.25, 0.3) is 0 Å². The molecule has 0 aromatic rings. The molecule has 0 radical (unpaired) electrons. The summed E-state index contributed by atoms with van der Waals surface area (Å²) in [5.41, 5.74) is 5.33. The van der Waals surface area contributed by atoms with Crippen LogP contribution in [0.1, 0.15) is 194 Å². The number of phosphoric acid groups is 1. The van der Waals surface area contributed by atoms with Gasteiger partial charge in [0.25, 0.3) is 0 Å². The number of unbranched alkanes of at least 4 members (excludes halogenated alkanes) is 20. The molecule has 0 fully saturated rings. The van der Waals surface area contributed by atoms with Gasteiger partial charge in [-0.05, 0) is 70.6 Å². The lowest BCUT2D eigenvalue weighted by atomic mass is 10.1. The van der Waals surface area contributed by atoms with Crippen LogP contribution in [0.3, 0.4) is 0 Å². The van der Waals surface area contributed by atoms with Crippen molar-refractivity contribution in [2.24, 2.45) is 5.73 Å². The molecule has 0 amide bonds. The van der Waals surface area contributed by atoms with Crippen LogP contribution in [-0.4, -0.2) is 59.9 Å². The van der Waals surface area contributed by atoms with Gasteiger partial charge in [-0.1, -0.05) is 159 Å². The minimum Gasteiger partial charge on any atom is -0.480 e. The zero-order chi connectivity index (χ0) is 42.8. The molecule has 0 aliphatic rings. The SMILES string of the molecule is CC/C=C\C/C=C\C/C=C\CCCCCC(=O)OC(COC(=O)CCCCCCCCCCC/C=C\CCCCCCCCCC)COP(=O)(O)OCC(N)C(=O)O. The monoisotopic (exact) mass is 840 g/mol. The Morgan fingerprint density at radius 3 is 1.48 bits per heavy atom. The fourth-order valence-electron chi connectivity index (χ4n) is 6.02. The summed E-state index contributed by atoms with van der Waals surface area (Å²) in [5.74, 6) is -2.42. The molecule has 58 heavy (non-hydrogen) atoms. The summed E-state index contributed by atoms with van der Waals surface area (Å²) in [6.07, 6.45) is 46.2. The summed E-state index contributed by atoms with van der Waals surface area (Å²) >= 11 is 0. The zero-order valence-corrected chi connectivity index (χ0v) is 37.3. The molecule has 0 aromatic carbocycles. The molecule has 336 valence electrons. The summed E-state index contributed by atoms with van der Waals surface area (Å²) in [7, 11) is -4.72. The summed E-state index contributed by atoms with van der Waals surface area (Å²) in [6, 6.07) is -1.53. The highest BCUT2D eigenvalue weighted by molar-refractivity contribution is 7.47. The first-order valence-corrected chi connectivity index (χ1v) is 24.2. The van der Waals surface area contributed by atoms with Gasteiger partial charge < -0.3 is 25.2 Å². The van der Waals surface area contributed by atoms with Crippen LogP contribution >= 0.6 is 7.82 Å². The largest absolute Gasteiger partial charge is 0.480 e. The first kappa shape index (κ1) is 55.4. The second-order valence-corrected chi connectivity index (χ2v) is 16.6.